The summed E-state index contributed by atoms with van der Waals surface area (Å²) >= 11 is 0. The lowest BCUT2D eigenvalue weighted by Crippen LogP contribution is -2.37. The first-order valence-corrected chi connectivity index (χ1v) is 11.5. The summed E-state index contributed by atoms with van der Waals surface area (Å²) in [4.78, 5) is 12.7. The molecule has 0 bridgehead atoms. The number of sulfonamides is 1. The van der Waals surface area contributed by atoms with Gasteiger partial charge in [0.25, 0.3) is 0 Å². The average Bonchev–Trinajstić information content (AvgIpc) is 2.74. The van der Waals surface area contributed by atoms with Crippen LogP contribution in [0.25, 0.3) is 0 Å². The average molecular weight is 477 g/mol. The van der Waals surface area contributed by atoms with E-state index >= 15 is 0 Å². The lowest BCUT2D eigenvalue weighted by Gasteiger charge is -2.22. The molecule has 0 aliphatic carbocycles. The Bertz CT molecular complexity index is 1220. The minimum Gasteiger partial charge on any atom is -0.325 e. The summed E-state index contributed by atoms with van der Waals surface area (Å²) in [5.74, 6) is -0.753. The molecule has 0 fully saturated rings. The molecule has 0 unspecified atom stereocenters. The molecule has 33 heavy (non-hydrogen) atoms. The maximum absolute atomic E-state index is 13.3. The van der Waals surface area contributed by atoms with Crippen LogP contribution in [0.1, 0.15) is 22.3 Å². The molecule has 0 aliphatic heterocycles. The molecule has 5 nitrogen and oxygen atoms in total. The fraction of sp³-hybridized carbons (Fsp3) is 0.208. The van der Waals surface area contributed by atoms with Gasteiger partial charge in [0.05, 0.1) is 17.0 Å². The third kappa shape index (κ3) is 6.43. The molecular weight excluding hydrogens is 453 g/mol. The highest BCUT2D eigenvalue weighted by Gasteiger charge is 2.31. The molecule has 0 heterocycles. The van der Waals surface area contributed by atoms with E-state index in [2.05, 4.69) is 5.32 Å². The van der Waals surface area contributed by atoms with Gasteiger partial charge in [-0.2, -0.15) is 17.5 Å². The minimum atomic E-state index is -4.56. The molecule has 0 saturated carbocycles. The number of hydrogen-bond donors (Lipinski definition) is 1. The normalized spacial score (nSPS) is 12.1. The van der Waals surface area contributed by atoms with E-state index in [1.54, 1.807) is 24.3 Å². The van der Waals surface area contributed by atoms with Gasteiger partial charge in [-0.1, -0.05) is 53.6 Å². The highest BCUT2D eigenvalue weighted by molar-refractivity contribution is 7.89. The summed E-state index contributed by atoms with van der Waals surface area (Å²) in [5, 5.41) is 2.37. The van der Waals surface area contributed by atoms with E-state index in [1.165, 1.54) is 24.3 Å². The number of aryl methyl sites for hydroxylation is 2. The van der Waals surface area contributed by atoms with Gasteiger partial charge in [-0.25, -0.2) is 8.42 Å². The van der Waals surface area contributed by atoms with Crippen molar-refractivity contribution in [2.24, 2.45) is 0 Å². The van der Waals surface area contributed by atoms with Gasteiger partial charge in [0.2, 0.25) is 15.9 Å². The number of carbonyl (C=O) groups excluding carboxylic acids is 1. The molecule has 3 rings (SSSR count). The zero-order valence-corrected chi connectivity index (χ0v) is 18.9. The molecule has 3 aromatic carbocycles. The number of hydrogen-bond acceptors (Lipinski definition) is 3. The predicted molar refractivity (Wildman–Crippen MR) is 120 cm³/mol. The maximum atomic E-state index is 13.3. The molecule has 0 radical (unpaired) electrons. The Labute approximate surface area is 190 Å². The smallest absolute Gasteiger partial charge is 0.325 e. The van der Waals surface area contributed by atoms with Crippen molar-refractivity contribution in [2.75, 3.05) is 11.9 Å². The first kappa shape index (κ1) is 24.5. The van der Waals surface area contributed by atoms with Gasteiger partial charge in [-0.05, 0) is 49.7 Å². The van der Waals surface area contributed by atoms with Crippen molar-refractivity contribution in [3.63, 3.8) is 0 Å². The number of carbonyl (C=O) groups is 1. The number of anilines is 1. The summed E-state index contributed by atoms with van der Waals surface area (Å²) in [5.41, 5.74) is 1.56. The molecule has 1 amide bonds. The van der Waals surface area contributed by atoms with E-state index in [0.717, 1.165) is 27.6 Å². The lowest BCUT2D eigenvalue weighted by molar-refractivity contribution is -0.137. The van der Waals surface area contributed by atoms with E-state index in [4.69, 9.17) is 0 Å². The van der Waals surface area contributed by atoms with Crippen molar-refractivity contribution in [1.29, 1.82) is 0 Å². The molecular formula is C24H23F3N2O3S. The third-order valence-corrected chi connectivity index (χ3v) is 6.74. The second-order valence-electron chi connectivity index (χ2n) is 7.70. The van der Waals surface area contributed by atoms with Gasteiger partial charge < -0.3 is 5.32 Å². The van der Waals surface area contributed by atoms with E-state index in [-0.39, 0.29) is 17.1 Å². The van der Waals surface area contributed by atoms with Crippen molar-refractivity contribution in [1.82, 2.24) is 4.31 Å². The topological polar surface area (TPSA) is 66.5 Å². The molecule has 1 N–H and O–H groups in total. The Morgan fingerprint density at radius 3 is 2.06 bits per heavy atom. The van der Waals surface area contributed by atoms with Gasteiger partial charge in [0.1, 0.15) is 0 Å². The molecule has 0 saturated heterocycles. The molecule has 0 aliphatic rings. The Hall–Kier alpha value is -3.17. The minimum absolute atomic E-state index is 0.0204. The van der Waals surface area contributed by atoms with Crippen molar-refractivity contribution < 1.29 is 26.4 Å². The Balaban J connectivity index is 1.86. The lowest BCUT2D eigenvalue weighted by atomic mass is 10.1. The SMILES string of the molecule is Cc1ccc(CN(CC(=O)Nc2cccc(C(F)(F)F)c2)S(=O)(=O)c2ccc(C)cc2)cc1. The van der Waals surface area contributed by atoms with E-state index < -0.39 is 34.2 Å². The van der Waals surface area contributed by atoms with Crippen molar-refractivity contribution in [3.05, 3.63) is 95.1 Å². The second-order valence-corrected chi connectivity index (χ2v) is 9.64. The van der Waals surface area contributed by atoms with Crippen LogP contribution in [-0.2, 0) is 27.5 Å². The first-order chi connectivity index (χ1) is 15.4. The summed E-state index contributed by atoms with van der Waals surface area (Å²) in [7, 11) is -4.05. The second kappa shape index (κ2) is 9.76. The quantitative estimate of drug-likeness (QED) is 0.513. The molecule has 9 heteroatoms. The summed E-state index contributed by atoms with van der Waals surface area (Å²) in [6.45, 7) is 3.07. The molecule has 0 aromatic heterocycles. The summed E-state index contributed by atoms with van der Waals surface area (Å²) < 4.78 is 66.5. The van der Waals surface area contributed by atoms with Crippen LogP contribution in [-0.4, -0.2) is 25.2 Å². The zero-order chi connectivity index (χ0) is 24.2. The van der Waals surface area contributed by atoms with Crippen molar-refractivity contribution in [2.45, 2.75) is 31.5 Å². The standard InChI is InChI=1S/C24H23F3N2O3S/c1-17-6-10-19(11-7-17)15-29(33(31,32)22-12-8-18(2)9-13-22)16-23(30)28-21-5-3-4-20(14-21)24(25,26)27/h3-14H,15-16H2,1-2H3,(H,28,30). The largest absolute Gasteiger partial charge is 0.416 e. The number of benzene rings is 3. The number of rotatable bonds is 7. The Morgan fingerprint density at radius 1 is 0.909 bits per heavy atom. The van der Waals surface area contributed by atoms with Gasteiger partial charge in [-0.15, -0.1) is 0 Å². The number of halogens is 3. The Kier molecular flexibility index (Phi) is 7.24. The first-order valence-electron chi connectivity index (χ1n) is 10.0. The summed E-state index contributed by atoms with van der Waals surface area (Å²) in [6, 6.07) is 17.6. The van der Waals surface area contributed by atoms with E-state index in [0.29, 0.717) is 5.56 Å². The molecule has 174 valence electrons. The van der Waals surface area contributed by atoms with Crippen LogP contribution in [0, 0.1) is 13.8 Å². The van der Waals surface area contributed by atoms with Crippen molar-refractivity contribution >= 4 is 21.6 Å². The van der Waals surface area contributed by atoms with Gasteiger partial charge in [0.15, 0.2) is 0 Å². The molecule has 0 spiro atoms. The van der Waals surface area contributed by atoms with Gasteiger partial charge in [-0.3, -0.25) is 4.79 Å². The Morgan fingerprint density at radius 2 is 1.48 bits per heavy atom. The maximum Gasteiger partial charge on any atom is 0.416 e. The van der Waals surface area contributed by atoms with Crippen LogP contribution < -0.4 is 5.32 Å². The summed E-state index contributed by atoms with van der Waals surface area (Å²) in [6.07, 6.45) is -4.56. The van der Waals surface area contributed by atoms with E-state index in [9.17, 15) is 26.4 Å². The van der Waals surface area contributed by atoms with E-state index in [1.807, 2.05) is 26.0 Å². The highest BCUT2D eigenvalue weighted by atomic mass is 32.2. The molecule has 0 atom stereocenters. The number of nitrogens with one attached hydrogen (secondary N) is 1. The number of amides is 1. The fourth-order valence-corrected chi connectivity index (χ4v) is 4.50. The monoisotopic (exact) mass is 476 g/mol. The number of alkyl halides is 3. The van der Waals surface area contributed by atoms with Crippen LogP contribution in [0.15, 0.2) is 77.7 Å². The van der Waals surface area contributed by atoms with Gasteiger partial charge >= 0.3 is 6.18 Å². The van der Waals surface area contributed by atoms with Crippen LogP contribution in [0.4, 0.5) is 18.9 Å². The van der Waals surface area contributed by atoms with Crippen LogP contribution in [0.2, 0.25) is 0 Å². The van der Waals surface area contributed by atoms with Crippen molar-refractivity contribution in [3.8, 4) is 0 Å². The highest BCUT2D eigenvalue weighted by Crippen LogP contribution is 2.30. The van der Waals surface area contributed by atoms with Crippen LogP contribution in [0.5, 0.6) is 0 Å². The molecule has 3 aromatic rings. The fourth-order valence-electron chi connectivity index (χ4n) is 3.12. The predicted octanol–water partition coefficient (Wildman–Crippen LogP) is 5.15. The zero-order valence-electron chi connectivity index (χ0n) is 18.1. The van der Waals surface area contributed by atoms with Gasteiger partial charge in [0, 0.05) is 12.2 Å². The van der Waals surface area contributed by atoms with Crippen LogP contribution >= 0.6 is 0 Å². The third-order valence-electron chi connectivity index (χ3n) is 4.93. The van der Waals surface area contributed by atoms with Crippen LogP contribution in [0.3, 0.4) is 0 Å². The number of nitrogens with zero attached hydrogens (tertiary/aromatic N) is 1.